The topological polar surface area (TPSA) is 33.2 Å². The fourth-order valence-electron chi connectivity index (χ4n) is 1.77. The number of thiophene rings is 1. The highest BCUT2D eigenvalue weighted by Crippen LogP contribution is 2.33. The van der Waals surface area contributed by atoms with E-state index in [9.17, 15) is 4.79 Å². The zero-order chi connectivity index (χ0) is 14.7. The molecule has 0 radical (unpaired) electrons. The Hall–Kier alpha value is -0.720. The smallest absolute Gasteiger partial charge is 0.264 e. The van der Waals surface area contributed by atoms with Crippen LogP contribution in [0.15, 0.2) is 38.9 Å². The van der Waals surface area contributed by atoms with Crippen LogP contribution in [0.3, 0.4) is 0 Å². The van der Waals surface area contributed by atoms with Gasteiger partial charge in [-0.3, -0.25) is 9.78 Å². The first-order valence-corrected chi connectivity index (χ1v) is 8.54. The van der Waals surface area contributed by atoms with Crippen LogP contribution < -0.4 is 0 Å². The third kappa shape index (κ3) is 3.68. The van der Waals surface area contributed by atoms with E-state index in [-0.39, 0.29) is 11.9 Å². The average molecular weight is 418 g/mol. The summed E-state index contributed by atoms with van der Waals surface area (Å²) >= 11 is 8.29. The van der Waals surface area contributed by atoms with Crippen molar-refractivity contribution in [3.05, 3.63) is 49.3 Å². The summed E-state index contributed by atoms with van der Waals surface area (Å²) < 4.78 is 1.85. The molecule has 0 atom stereocenters. The standard InChI is InChI=1S/C14H14Br2N2OS/c1-9(2)18(8-10-4-3-5-17-7-10)14(19)12-6-11(15)13(16)20-12/h3-7,9H,8H2,1-2H3. The highest BCUT2D eigenvalue weighted by atomic mass is 79.9. The number of hydrogen-bond donors (Lipinski definition) is 0. The third-order valence-electron chi connectivity index (χ3n) is 2.82. The Balaban J connectivity index is 2.22. The van der Waals surface area contributed by atoms with Gasteiger partial charge in [-0.25, -0.2) is 0 Å². The maximum absolute atomic E-state index is 12.6. The number of amides is 1. The number of nitrogens with zero attached hydrogens (tertiary/aromatic N) is 2. The minimum absolute atomic E-state index is 0.0419. The summed E-state index contributed by atoms with van der Waals surface area (Å²) in [5.74, 6) is 0.0419. The lowest BCUT2D eigenvalue weighted by Crippen LogP contribution is -2.36. The first kappa shape index (κ1) is 15.7. The molecule has 0 aliphatic rings. The number of halogens is 2. The van der Waals surface area contributed by atoms with E-state index in [1.54, 1.807) is 12.4 Å². The third-order valence-corrected chi connectivity index (χ3v) is 6.06. The molecule has 1 amide bonds. The van der Waals surface area contributed by atoms with E-state index in [1.807, 2.05) is 36.9 Å². The number of carbonyl (C=O) groups is 1. The Morgan fingerprint density at radius 2 is 2.20 bits per heavy atom. The van der Waals surface area contributed by atoms with E-state index in [2.05, 4.69) is 36.8 Å². The Morgan fingerprint density at radius 1 is 1.45 bits per heavy atom. The molecule has 3 nitrogen and oxygen atoms in total. The van der Waals surface area contributed by atoms with Gasteiger partial charge in [0.1, 0.15) is 0 Å². The number of aromatic nitrogens is 1. The number of hydrogen-bond acceptors (Lipinski definition) is 3. The summed E-state index contributed by atoms with van der Waals surface area (Å²) in [7, 11) is 0. The van der Waals surface area contributed by atoms with Crippen LogP contribution in [0.4, 0.5) is 0 Å². The molecule has 0 bridgehead atoms. The quantitative estimate of drug-likeness (QED) is 0.720. The number of pyridine rings is 1. The van der Waals surface area contributed by atoms with Gasteiger partial charge in [0.2, 0.25) is 0 Å². The van der Waals surface area contributed by atoms with Crippen LogP contribution in [-0.4, -0.2) is 21.8 Å². The van der Waals surface area contributed by atoms with E-state index in [1.165, 1.54) is 11.3 Å². The van der Waals surface area contributed by atoms with Crippen molar-refractivity contribution in [2.75, 3.05) is 0 Å². The van der Waals surface area contributed by atoms with E-state index in [4.69, 9.17) is 0 Å². The second kappa shape index (κ2) is 6.83. The molecule has 106 valence electrons. The number of carbonyl (C=O) groups excluding carboxylic acids is 1. The molecule has 6 heteroatoms. The van der Waals surface area contributed by atoms with Crippen molar-refractivity contribution < 1.29 is 4.79 Å². The van der Waals surface area contributed by atoms with Gasteiger partial charge in [0.15, 0.2) is 0 Å². The van der Waals surface area contributed by atoms with Crippen molar-refractivity contribution in [2.45, 2.75) is 26.4 Å². The minimum Gasteiger partial charge on any atom is -0.331 e. The Kier molecular flexibility index (Phi) is 5.35. The van der Waals surface area contributed by atoms with Gasteiger partial charge in [0, 0.05) is 29.5 Å². The van der Waals surface area contributed by atoms with Crippen molar-refractivity contribution in [2.24, 2.45) is 0 Å². The normalized spacial score (nSPS) is 10.8. The molecule has 0 aliphatic carbocycles. The van der Waals surface area contributed by atoms with Crippen molar-refractivity contribution in [3.8, 4) is 0 Å². The average Bonchev–Trinajstić information content (AvgIpc) is 2.76. The van der Waals surface area contributed by atoms with E-state index in [0.717, 1.165) is 18.7 Å². The molecule has 0 saturated heterocycles. The number of rotatable bonds is 4. The SMILES string of the molecule is CC(C)N(Cc1cccnc1)C(=O)c1cc(Br)c(Br)s1. The van der Waals surface area contributed by atoms with E-state index < -0.39 is 0 Å². The lowest BCUT2D eigenvalue weighted by molar-refractivity contribution is 0.0695. The van der Waals surface area contributed by atoms with Crippen LogP contribution in [0.25, 0.3) is 0 Å². The van der Waals surface area contributed by atoms with Gasteiger partial charge in [-0.2, -0.15) is 0 Å². The molecule has 0 unspecified atom stereocenters. The Bertz CT molecular complexity index is 579. The molecular formula is C14H14Br2N2OS. The highest BCUT2D eigenvalue weighted by molar-refractivity contribution is 9.13. The fourth-order valence-corrected chi connectivity index (χ4v) is 3.76. The van der Waals surface area contributed by atoms with Gasteiger partial charge in [-0.05, 0) is 63.4 Å². The van der Waals surface area contributed by atoms with Gasteiger partial charge in [-0.15, -0.1) is 11.3 Å². The fraction of sp³-hybridized carbons (Fsp3) is 0.286. The van der Waals surface area contributed by atoms with Crippen LogP contribution in [0, 0.1) is 0 Å². The van der Waals surface area contributed by atoms with Crippen LogP contribution in [-0.2, 0) is 6.54 Å². The zero-order valence-corrected chi connectivity index (χ0v) is 15.1. The second-order valence-electron chi connectivity index (χ2n) is 4.62. The molecule has 0 spiro atoms. The van der Waals surface area contributed by atoms with Gasteiger partial charge >= 0.3 is 0 Å². The van der Waals surface area contributed by atoms with Crippen LogP contribution >= 0.6 is 43.2 Å². The largest absolute Gasteiger partial charge is 0.331 e. The highest BCUT2D eigenvalue weighted by Gasteiger charge is 2.21. The Labute approximate surface area is 139 Å². The monoisotopic (exact) mass is 416 g/mol. The molecule has 0 aromatic carbocycles. The van der Waals surface area contributed by atoms with Crippen molar-refractivity contribution in [1.29, 1.82) is 0 Å². The van der Waals surface area contributed by atoms with Crippen molar-refractivity contribution >= 4 is 49.1 Å². The van der Waals surface area contributed by atoms with E-state index >= 15 is 0 Å². The lowest BCUT2D eigenvalue weighted by Gasteiger charge is -2.26. The predicted octanol–water partition coefficient (Wildman–Crippen LogP) is 4.72. The zero-order valence-electron chi connectivity index (χ0n) is 11.1. The van der Waals surface area contributed by atoms with Gasteiger partial charge in [0.05, 0.1) is 8.66 Å². The van der Waals surface area contributed by atoms with Crippen LogP contribution in [0.2, 0.25) is 0 Å². The van der Waals surface area contributed by atoms with Crippen molar-refractivity contribution in [1.82, 2.24) is 9.88 Å². The molecule has 0 aliphatic heterocycles. The summed E-state index contributed by atoms with van der Waals surface area (Å²) in [5.41, 5.74) is 1.03. The van der Waals surface area contributed by atoms with Crippen LogP contribution in [0.5, 0.6) is 0 Å². The molecule has 2 aromatic rings. The maximum Gasteiger partial charge on any atom is 0.264 e. The lowest BCUT2D eigenvalue weighted by atomic mass is 10.2. The van der Waals surface area contributed by atoms with Gasteiger partial charge in [0.25, 0.3) is 5.91 Å². The molecule has 0 fully saturated rings. The van der Waals surface area contributed by atoms with Crippen LogP contribution in [0.1, 0.15) is 29.1 Å². The molecule has 0 saturated carbocycles. The Morgan fingerprint density at radius 3 is 2.70 bits per heavy atom. The molecule has 2 aromatic heterocycles. The molecule has 2 heterocycles. The first-order valence-electron chi connectivity index (χ1n) is 6.13. The first-order chi connectivity index (χ1) is 9.49. The van der Waals surface area contributed by atoms with Gasteiger partial charge < -0.3 is 4.90 Å². The van der Waals surface area contributed by atoms with E-state index in [0.29, 0.717) is 6.54 Å². The summed E-state index contributed by atoms with van der Waals surface area (Å²) in [6.45, 7) is 4.61. The minimum atomic E-state index is 0.0419. The maximum atomic E-state index is 12.6. The molecule has 20 heavy (non-hydrogen) atoms. The summed E-state index contributed by atoms with van der Waals surface area (Å²) in [6.07, 6.45) is 3.53. The molecule has 2 rings (SSSR count). The van der Waals surface area contributed by atoms with Crippen molar-refractivity contribution in [3.63, 3.8) is 0 Å². The molecule has 0 N–H and O–H groups in total. The summed E-state index contributed by atoms with van der Waals surface area (Å²) in [4.78, 5) is 19.3. The summed E-state index contributed by atoms with van der Waals surface area (Å²) in [5, 5.41) is 0. The summed E-state index contributed by atoms with van der Waals surface area (Å²) in [6, 6.07) is 5.85. The second-order valence-corrected chi connectivity index (χ2v) is 7.84. The predicted molar refractivity (Wildman–Crippen MR) is 89.0 cm³/mol. The van der Waals surface area contributed by atoms with Gasteiger partial charge in [-0.1, -0.05) is 6.07 Å². The molecular weight excluding hydrogens is 404 g/mol.